The Morgan fingerprint density at radius 3 is 2.55 bits per heavy atom. The summed E-state index contributed by atoms with van der Waals surface area (Å²) in [4.78, 5) is 18.2. The number of hydrogen-bond donors (Lipinski definition) is 1. The molecule has 0 amide bonds. The summed E-state index contributed by atoms with van der Waals surface area (Å²) < 4.78 is 7.50. The van der Waals surface area contributed by atoms with E-state index < -0.39 is 0 Å². The van der Waals surface area contributed by atoms with E-state index in [1.54, 1.807) is 0 Å². The van der Waals surface area contributed by atoms with Crippen LogP contribution in [0.4, 0.5) is 5.95 Å². The number of hydrogen-bond acceptors (Lipinski definition) is 5. The van der Waals surface area contributed by atoms with Gasteiger partial charge in [-0.25, -0.2) is 4.68 Å². The van der Waals surface area contributed by atoms with Gasteiger partial charge in [-0.1, -0.05) is 38.1 Å². The number of carbonyl (C=O) groups is 1. The van der Waals surface area contributed by atoms with Crippen molar-refractivity contribution in [2.24, 2.45) is 5.41 Å². The highest BCUT2D eigenvalue weighted by Crippen LogP contribution is 2.45. The molecule has 1 aliphatic heterocycles. The Kier molecular flexibility index (Phi) is 5.11. The van der Waals surface area contributed by atoms with Crippen molar-refractivity contribution >= 4 is 11.7 Å². The molecule has 33 heavy (non-hydrogen) atoms. The van der Waals surface area contributed by atoms with Crippen LogP contribution < -0.4 is 10.1 Å². The summed E-state index contributed by atoms with van der Waals surface area (Å²) >= 11 is 0. The Balaban J connectivity index is 1.64. The fourth-order valence-corrected chi connectivity index (χ4v) is 4.83. The van der Waals surface area contributed by atoms with Gasteiger partial charge in [-0.3, -0.25) is 4.79 Å². The number of allylic oxidation sites excluding steroid dienone is 2. The summed E-state index contributed by atoms with van der Waals surface area (Å²) in [6.45, 7) is 11.1. The lowest BCUT2D eigenvalue weighted by molar-refractivity contribution is -0.118. The van der Waals surface area contributed by atoms with Gasteiger partial charge in [0.2, 0.25) is 5.95 Å². The zero-order chi connectivity index (χ0) is 23.3. The number of benzene rings is 2. The first-order valence-electron chi connectivity index (χ1n) is 11.6. The number of carbonyl (C=O) groups excluding carboxylic acids is 1. The minimum Gasteiger partial charge on any atom is -0.494 e. The minimum absolute atomic E-state index is 0.0919. The average molecular weight is 443 g/mol. The summed E-state index contributed by atoms with van der Waals surface area (Å²) in [5, 5.41) is 8.35. The van der Waals surface area contributed by atoms with E-state index in [0.29, 0.717) is 24.8 Å². The van der Waals surface area contributed by atoms with Gasteiger partial charge < -0.3 is 10.1 Å². The molecule has 2 aromatic carbocycles. The van der Waals surface area contributed by atoms with Gasteiger partial charge in [0.1, 0.15) is 11.8 Å². The van der Waals surface area contributed by atoms with Crippen LogP contribution in [0.25, 0.3) is 11.4 Å². The zero-order valence-electron chi connectivity index (χ0n) is 19.9. The van der Waals surface area contributed by atoms with E-state index in [4.69, 9.17) is 14.8 Å². The van der Waals surface area contributed by atoms with Crippen molar-refractivity contribution in [3.63, 3.8) is 0 Å². The second kappa shape index (κ2) is 7.87. The topological polar surface area (TPSA) is 69.0 Å². The van der Waals surface area contributed by atoms with E-state index in [1.807, 2.05) is 35.9 Å². The van der Waals surface area contributed by atoms with Gasteiger partial charge in [-0.2, -0.15) is 4.98 Å². The Bertz CT molecular complexity index is 1270. The highest BCUT2D eigenvalue weighted by atomic mass is 16.5. The van der Waals surface area contributed by atoms with Crippen LogP contribution in [0.15, 0.2) is 53.7 Å². The quantitative estimate of drug-likeness (QED) is 0.568. The molecular formula is C27H30N4O2. The largest absolute Gasteiger partial charge is 0.494 e. The molecule has 170 valence electrons. The van der Waals surface area contributed by atoms with Gasteiger partial charge in [-0.05, 0) is 67.5 Å². The molecule has 0 radical (unpaired) electrons. The first-order chi connectivity index (χ1) is 15.8. The minimum atomic E-state index is -0.316. The fraction of sp³-hybridized carbons (Fsp3) is 0.370. The highest BCUT2D eigenvalue weighted by Gasteiger charge is 2.41. The van der Waals surface area contributed by atoms with E-state index >= 15 is 0 Å². The molecule has 2 heterocycles. The molecule has 0 spiro atoms. The van der Waals surface area contributed by atoms with Gasteiger partial charge in [0.25, 0.3) is 0 Å². The van der Waals surface area contributed by atoms with Gasteiger partial charge >= 0.3 is 0 Å². The maximum Gasteiger partial charge on any atom is 0.226 e. The Hall–Kier alpha value is -3.41. The second-order valence-corrected chi connectivity index (χ2v) is 9.87. The number of ether oxygens (including phenoxy) is 1. The maximum absolute atomic E-state index is 13.4. The number of aromatic nitrogens is 3. The SMILES string of the molecule is CCOc1ccc(C2C3=C(CC(C)(C)CC3=O)Nc3nc(-c4ccc(C)c(C)c4)nn32)cc1. The molecule has 1 aromatic heterocycles. The van der Waals surface area contributed by atoms with E-state index in [1.165, 1.54) is 11.1 Å². The number of nitrogens with one attached hydrogen (secondary N) is 1. The monoisotopic (exact) mass is 442 g/mol. The van der Waals surface area contributed by atoms with Crippen LogP contribution in [0, 0.1) is 19.3 Å². The van der Waals surface area contributed by atoms with Crippen LogP contribution >= 0.6 is 0 Å². The van der Waals surface area contributed by atoms with Gasteiger partial charge in [0.15, 0.2) is 11.6 Å². The molecule has 6 heteroatoms. The van der Waals surface area contributed by atoms with Crippen LogP contribution in [0.5, 0.6) is 5.75 Å². The molecule has 0 saturated carbocycles. The molecule has 2 aliphatic rings. The van der Waals surface area contributed by atoms with Gasteiger partial charge in [0.05, 0.1) is 6.61 Å². The molecular weight excluding hydrogens is 412 g/mol. The molecule has 0 fully saturated rings. The number of Topliss-reactive ketones (excluding diaryl/α,β-unsaturated/α-hetero) is 1. The number of aryl methyl sites for hydroxylation is 2. The molecule has 6 nitrogen and oxygen atoms in total. The number of ketones is 1. The van der Waals surface area contributed by atoms with Crippen molar-refractivity contribution in [2.75, 3.05) is 11.9 Å². The predicted molar refractivity (Wildman–Crippen MR) is 129 cm³/mol. The predicted octanol–water partition coefficient (Wildman–Crippen LogP) is 5.62. The van der Waals surface area contributed by atoms with Crippen molar-refractivity contribution in [3.05, 3.63) is 70.4 Å². The van der Waals surface area contributed by atoms with Crippen molar-refractivity contribution in [2.45, 2.75) is 53.5 Å². The smallest absolute Gasteiger partial charge is 0.226 e. The normalized spacial score (nSPS) is 19.1. The molecule has 0 saturated heterocycles. The first kappa shape index (κ1) is 21.4. The third-order valence-electron chi connectivity index (χ3n) is 6.60. The first-order valence-corrected chi connectivity index (χ1v) is 11.6. The van der Waals surface area contributed by atoms with Crippen LogP contribution in [-0.2, 0) is 4.79 Å². The number of rotatable bonds is 4. The number of anilines is 1. The zero-order valence-corrected chi connectivity index (χ0v) is 19.9. The summed E-state index contributed by atoms with van der Waals surface area (Å²) in [6.07, 6.45) is 1.32. The maximum atomic E-state index is 13.4. The standard InChI is InChI=1S/C27H30N4O2/c1-6-33-20-11-9-18(10-12-20)24-23-21(14-27(4,5)15-22(23)32)28-26-29-25(30-31(24)26)19-8-7-16(2)17(3)13-19/h7-13,24H,6,14-15H2,1-5H3,(H,28,29,30). The molecule has 0 bridgehead atoms. The van der Waals surface area contributed by atoms with E-state index in [9.17, 15) is 4.79 Å². The van der Waals surface area contributed by atoms with Crippen LogP contribution in [0.3, 0.4) is 0 Å². The lowest BCUT2D eigenvalue weighted by Crippen LogP contribution is -2.36. The van der Waals surface area contributed by atoms with Gasteiger partial charge in [-0.15, -0.1) is 5.10 Å². The van der Waals surface area contributed by atoms with Crippen molar-refractivity contribution in [3.8, 4) is 17.1 Å². The summed E-state index contributed by atoms with van der Waals surface area (Å²) in [5.41, 5.74) is 6.06. The van der Waals surface area contributed by atoms with Crippen molar-refractivity contribution in [1.29, 1.82) is 0 Å². The summed E-state index contributed by atoms with van der Waals surface area (Å²) in [6, 6.07) is 13.9. The van der Waals surface area contributed by atoms with Crippen molar-refractivity contribution < 1.29 is 9.53 Å². The fourth-order valence-electron chi connectivity index (χ4n) is 4.83. The van der Waals surface area contributed by atoms with Crippen molar-refractivity contribution in [1.82, 2.24) is 14.8 Å². The molecule has 1 aliphatic carbocycles. The van der Waals surface area contributed by atoms with Crippen LogP contribution in [0.1, 0.15) is 56.3 Å². The Labute approximate surface area is 194 Å². The third-order valence-corrected chi connectivity index (χ3v) is 6.60. The molecule has 1 unspecified atom stereocenters. The lowest BCUT2D eigenvalue weighted by atomic mass is 9.73. The second-order valence-electron chi connectivity index (χ2n) is 9.87. The van der Waals surface area contributed by atoms with Crippen LogP contribution in [0.2, 0.25) is 0 Å². The molecule has 5 rings (SSSR count). The number of nitrogens with zero attached hydrogens (tertiary/aromatic N) is 3. The van der Waals surface area contributed by atoms with Gasteiger partial charge in [0, 0.05) is 23.3 Å². The summed E-state index contributed by atoms with van der Waals surface area (Å²) in [5.74, 6) is 2.31. The van der Waals surface area contributed by atoms with Crippen LogP contribution in [-0.4, -0.2) is 27.2 Å². The highest BCUT2D eigenvalue weighted by molar-refractivity contribution is 6.00. The summed E-state index contributed by atoms with van der Waals surface area (Å²) in [7, 11) is 0. The average Bonchev–Trinajstić information content (AvgIpc) is 3.18. The Morgan fingerprint density at radius 2 is 1.85 bits per heavy atom. The molecule has 3 aromatic rings. The van der Waals surface area contributed by atoms with E-state index in [-0.39, 0.29) is 17.2 Å². The van der Waals surface area contributed by atoms with E-state index in [2.05, 4.69) is 51.2 Å². The number of fused-ring (bicyclic) bond motifs is 1. The Morgan fingerprint density at radius 1 is 1.09 bits per heavy atom. The molecule has 1 atom stereocenters. The molecule has 1 N–H and O–H groups in total. The lowest BCUT2D eigenvalue weighted by Gasteiger charge is -2.38. The third kappa shape index (κ3) is 3.84. The van der Waals surface area contributed by atoms with E-state index in [0.717, 1.165) is 34.6 Å².